The molecule has 0 saturated carbocycles. The van der Waals surface area contributed by atoms with Crippen molar-refractivity contribution < 1.29 is 9.90 Å². The Morgan fingerprint density at radius 3 is 2.73 bits per heavy atom. The predicted octanol–water partition coefficient (Wildman–Crippen LogP) is 2.71. The number of carbonyl (C=O) groups excluding carboxylic acids is 1. The second kappa shape index (κ2) is 4.48. The zero-order valence-electron chi connectivity index (χ0n) is 10.2. The summed E-state index contributed by atoms with van der Waals surface area (Å²) in [5.41, 5.74) is 1.41. The van der Waals surface area contributed by atoms with Gasteiger partial charge in [0.2, 0.25) is 0 Å². The SMILES string of the molecule is CC1=CC(C)(C)CCC1C(=O)CC(C)O. The van der Waals surface area contributed by atoms with Crippen molar-refractivity contribution in [1.82, 2.24) is 0 Å². The van der Waals surface area contributed by atoms with Gasteiger partial charge >= 0.3 is 0 Å². The fraction of sp³-hybridized carbons (Fsp3) is 0.769. The van der Waals surface area contributed by atoms with Crippen LogP contribution in [0, 0.1) is 11.3 Å². The third kappa shape index (κ3) is 3.45. The molecule has 1 aliphatic carbocycles. The van der Waals surface area contributed by atoms with Crippen molar-refractivity contribution in [3.8, 4) is 0 Å². The highest BCUT2D eigenvalue weighted by Gasteiger charge is 2.29. The number of hydrogen-bond acceptors (Lipinski definition) is 2. The van der Waals surface area contributed by atoms with Gasteiger partial charge in [-0.1, -0.05) is 25.5 Å². The summed E-state index contributed by atoms with van der Waals surface area (Å²) in [6.45, 7) is 8.10. The average molecular weight is 210 g/mol. The summed E-state index contributed by atoms with van der Waals surface area (Å²) in [5, 5.41) is 9.20. The smallest absolute Gasteiger partial charge is 0.142 e. The van der Waals surface area contributed by atoms with Gasteiger partial charge in [0, 0.05) is 12.3 Å². The van der Waals surface area contributed by atoms with Crippen molar-refractivity contribution in [2.24, 2.45) is 11.3 Å². The summed E-state index contributed by atoms with van der Waals surface area (Å²) in [7, 11) is 0. The van der Waals surface area contributed by atoms with Gasteiger partial charge in [-0.3, -0.25) is 4.79 Å². The Hall–Kier alpha value is -0.630. The number of allylic oxidation sites excluding steroid dienone is 2. The molecule has 0 aromatic carbocycles. The summed E-state index contributed by atoms with van der Waals surface area (Å²) in [6, 6.07) is 0. The van der Waals surface area contributed by atoms with Crippen LogP contribution in [0.4, 0.5) is 0 Å². The lowest BCUT2D eigenvalue weighted by Gasteiger charge is -2.31. The highest BCUT2D eigenvalue weighted by atomic mass is 16.3. The number of Topliss-reactive ketones (excluding diaryl/α,β-unsaturated/α-hetero) is 1. The molecule has 1 N–H and O–H groups in total. The van der Waals surface area contributed by atoms with Crippen molar-refractivity contribution in [2.45, 2.75) is 53.1 Å². The molecule has 0 aromatic rings. The van der Waals surface area contributed by atoms with E-state index in [-0.39, 0.29) is 23.5 Å². The summed E-state index contributed by atoms with van der Waals surface area (Å²) in [5.74, 6) is 0.238. The second-order valence-electron chi connectivity index (χ2n) is 5.49. The van der Waals surface area contributed by atoms with Crippen LogP contribution in [0.25, 0.3) is 0 Å². The fourth-order valence-electron chi connectivity index (χ4n) is 2.38. The molecule has 0 heterocycles. The lowest BCUT2D eigenvalue weighted by Crippen LogP contribution is -2.26. The van der Waals surface area contributed by atoms with E-state index in [4.69, 9.17) is 0 Å². The second-order valence-corrected chi connectivity index (χ2v) is 5.49. The van der Waals surface area contributed by atoms with Crippen molar-refractivity contribution >= 4 is 5.78 Å². The van der Waals surface area contributed by atoms with Gasteiger partial charge in [0.15, 0.2) is 0 Å². The van der Waals surface area contributed by atoms with Crippen molar-refractivity contribution in [2.75, 3.05) is 0 Å². The number of aliphatic hydroxyl groups excluding tert-OH is 1. The van der Waals surface area contributed by atoms with Crippen molar-refractivity contribution in [3.63, 3.8) is 0 Å². The average Bonchev–Trinajstić information content (AvgIpc) is 1.99. The van der Waals surface area contributed by atoms with E-state index in [1.165, 1.54) is 5.57 Å². The first-order chi connectivity index (χ1) is 6.82. The monoisotopic (exact) mass is 210 g/mol. The summed E-state index contributed by atoms with van der Waals surface area (Å²) >= 11 is 0. The molecule has 2 atom stereocenters. The van der Waals surface area contributed by atoms with E-state index in [1.54, 1.807) is 6.92 Å². The standard InChI is InChI=1S/C13H22O2/c1-9-8-13(3,4)6-5-11(9)12(15)7-10(2)14/h8,10-11,14H,5-7H2,1-4H3. The zero-order chi connectivity index (χ0) is 11.6. The maximum atomic E-state index is 11.8. The molecular weight excluding hydrogens is 188 g/mol. The molecule has 0 radical (unpaired) electrons. The molecule has 0 bridgehead atoms. The predicted molar refractivity (Wildman–Crippen MR) is 61.6 cm³/mol. The molecule has 0 aromatic heterocycles. The third-order valence-electron chi connectivity index (χ3n) is 3.13. The van der Waals surface area contributed by atoms with Gasteiger partial charge in [0.25, 0.3) is 0 Å². The van der Waals surface area contributed by atoms with Crippen LogP contribution in [0.3, 0.4) is 0 Å². The minimum Gasteiger partial charge on any atom is -0.393 e. The van der Waals surface area contributed by atoms with Crippen LogP contribution < -0.4 is 0 Å². The Kier molecular flexibility index (Phi) is 3.72. The lowest BCUT2D eigenvalue weighted by atomic mass is 9.73. The Balaban J connectivity index is 2.70. The van der Waals surface area contributed by atoms with Crippen LogP contribution in [-0.4, -0.2) is 17.0 Å². The van der Waals surface area contributed by atoms with Crippen LogP contribution in [-0.2, 0) is 4.79 Å². The van der Waals surface area contributed by atoms with Crippen LogP contribution >= 0.6 is 0 Å². The number of ketones is 1. The van der Waals surface area contributed by atoms with Crippen LogP contribution in [0.1, 0.15) is 47.0 Å². The molecule has 0 spiro atoms. The molecule has 1 aliphatic rings. The van der Waals surface area contributed by atoms with Crippen LogP contribution in [0.2, 0.25) is 0 Å². The molecule has 0 saturated heterocycles. The van der Waals surface area contributed by atoms with Crippen molar-refractivity contribution in [1.29, 1.82) is 0 Å². The van der Waals surface area contributed by atoms with Gasteiger partial charge in [0.1, 0.15) is 5.78 Å². The molecule has 1 rings (SSSR count). The van der Waals surface area contributed by atoms with E-state index < -0.39 is 6.10 Å². The molecule has 86 valence electrons. The van der Waals surface area contributed by atoms with Gasteiger partial charge in [-0.25, -0.2) is 0 Å². The number of rotatable bonds is 3. The molecule has 0 aliphatic heterocycles. The Labute approximate surface area is 92.4 Å². The van der Waals surface area contributed by atoms with Gasteiger partial charge in [-0.15, -0.1) is 0 Å². The Morgan fingerprint density at radius 2 is 2.27 bits per heavy atom. The van der Waals surface area contributed by atoms with E-state index in [1.807, 2.05) is 6.92 Å². The third-order valence-corrected chi connectivity index (χ3v) is 3.13. The lowest BCUT2D eigenvalue weighted by molar-refractivity contribution is -0.123. The number of carbonyl (C=O) groups is 1. The van der Waals surface area contributed by atoms with E-state index in [2.05, 4.69) is 19.9 Å². The molecule has 2 unspecified atom stereocenters. The summed E-state index contributed by atoms with van der Waals surface area (Å²) in [4.78, 5) is 11.8. The van der Waals surface area contributed by atoms with Gasteiger partial charge in [-0.2, -0.15) is 0 Å². The maximum Gasteiger partial charge on any atom is 0.142 e. The molecule has 2 heteroatoms. The Morgan fingerprint density at radius 1 is 1.67 bits per heavy atom. The molecule has 15 heavy (non-hydrogen) atoms. The van der Waals surface area contributed by atoms with Crippen LogP contribution in [0.5, 0.6) is 0 Å². The van der Waals surface area contributed by atoms with Gasteiger partial charge in [-0.05, 0) is 32.1 Å². The highest BCUT2D eigenvalue weighted by Crippen LogP contribution is 2.37. The van der Waals surface area contributed by atoms with Crippen molar-refractivity contribution in [3.05, 3.63) is 11.6 Å². The van der Waals surface area contributed by atoms with Gasteiger partial charge < -0.3 is 5.11 Å². The van der Waals surface area contributed by atoms with E-state index >= 15 is 0 Å². The quantitative estimate of drug-likeness (QED) is 0.727. The fourth-order valence-corrected chi connectivity index (χ4v) is 2.38. The first-order valence-corrected chi connectivity index (χ1v) is 5.72. The maximum absolute atomic E-state index is 11.8. The summed E-state index contributed by atoms with van der Waals surface area (Å²) < 4.78 is 0. The first kappa shape index (κ1) is 12.4. The van der Waals surface area contributed by atoms with E-state index in [0.29, 0.717) is 0 Å². The normalized spacial score (nSPS) is 27.0. The van der Waals surface area contributed by atoms with Gasteiger partial charge in [0.05, 0.1) is 6.10 Å². The number of hydrogen-bond donors (Lipinski definition) is 1. The highest BCUT2D eigenvalue weighted by molar-refractivity contribution is 5.84. The molecule has 0 fully saturated rings. The molecule has 0 amide bonds. The summed E-state index contributed by atoms with van der Waals surface area (Å²) in [6.07, 6.45) is 3.97. The minimum absolute atomic E-state index is 0.0487. The largest absolute Gasteiger partial charge is 0.393 e. The first-order valence-electron chi connectivity index (χ1n) is 5.72. The Bertz CT molecular complexity index is 274. The van der Waals surface area contributed by atoms with E-state index in [0.717, 1.165) is 12.8 Å². The zero-order valence-corrected chi connectivity index (χ0v) is 10.2. The minimum atomic E-state index is -0.514. The molecular formula is C13H22O2. The topological polar surface area (TPSA) is 37.3 Å². The number of aliphatic hydroxyl groups is 1. The molecule has 2 nitrogen and oxygen atoms in total. The van der Waals surface area contributed by atoms with E-state index in [9.17, 15) is 9.90 Å². The van der Waals surface area contributed by atoms with Crippen LogP contribution in [0.15, 0.2) is 11.6 Å².